The van der Waals surface area contributed by atoms with Crippen LogP contribution in [0.2, 0.25) is 0 Å². The van der Waals surface area contributed by atoms with E-state index in [-0.39, 0.29) is 0 Å². The van der Waals surface area contributed by atoms with Crippen LogP contribution in [0.25, 0.3) is 0 Å². The van der Waals surface area contributed by atoms with Crippen molar-refractivity contribution in [1.29, 1.82) is 0 Å². The standard InChI is InChI=1S/C9H15N5/c1-2-7-11-8(10)13-9(12-7)14-5-3-4-6-14/h2-6H2,1H3,(H2,10,11,12,13). The van der Waals surface area contributed by atoms with Gasteiger partial charge in [-0.05, 0) is 12.8 Å². The van der Waals surface area contributed by atoms with E-state index in [2.05, 4.69) is 19.9 Å². The van der Waals surface area contributed by atoms with Crippen LogP contribution >= 0.6 is 0 Å². The Morgan fingerprint density at radius 2 is 1.93 bits per heavy atom. The van der Waals surface area contributed by atoms with Crippen molar-refractivity contribution >= 4 is 11.9 Å². The van der Waals surface area contributed by atoms with E-state index in [9.17, 15) is 0 Å². The molecule has 1 aliphatic heterocycles. The fraction of sp³-hybridized carbons (Fsp3) is 0.667. The lowest BCUT2D eigenvalue weighted by molar-refractivity contribution is 0.839. The summed E-state index contributed by atoms with van der Waals surface area (Å²) in [5.41, 5.74) is 5.61. The number of nitrogens with zero attached hydrogens (tertiary/aromatic N) is 4. The first-order valence-electron chi connectivity index (χ1n) is 5.05. The van der Waals surface area contributed by atoms with Gasteiger partial charge in [-0.1, -0.05) is 6.92 Å². The second kappa shape index (κ2) is 3.77. The number of rotatable bonds is 2. The van der Waals surface area contributed by atoms with E-state index in [0.717, 1.165) is 31.3 Å². The molecule has 1 fully saturated rings. The Kier molecular flexibility index (Phi) is 2.47. The SMILES string of the molecule is CCc1nc(N)nc(N2CCCC2)n1. The molecule has 1 aromatic heterocycles. The van der Waals surface area contributed by atoms with E-state index in [0.29, 0.717) is 5.95 Å². The number of hydrogen-bond donors (Lipinski definition) is 1. The third-order valence-corrected chi connectivity index (χ3v) is 2.39. The lowest BCUT2D eigenvalue weighted by Crippen LogP contribution is -2.22. The molecule has 0 atom stereocenters. The van der Waals surface area contributed by atoms with E-state index >= 15 is 0 Å². The van der Waals surface area contributed by atoms with Crippen LogP contribution < -0.4 is 10.6 Å². The Bertz CT molecular complexity index is 319. The van der Waals surface area contributed by atoms with Gasteiger partial charge in [0.25, 0.3) is 0 Å². The highest BCUT2D eigenvalue weighted by atomic mass is 15.3. The molecule has 1 saturated heterocycles. The molecule has 1 aliphatic rings. The van der Waals surface area contributed by atoms with Gasteiger partial charge in [-0.25, -0.2) is 0 Å². The largest absolute Gasteiger partial charge is 0.368 e. The number of nitrogen functional groups attached to an aromatic ring is 1. The van der Waals surface area contributed by atoms with Gasteiger partial charge < -0.3 is 10.6 Å². The Hall–Kier alpha value is -1.39. The molecule has 2 N–H and O–H groups in total. The zero-order valence-corrected chi connectivity index (χ0v) is 8.40. The maximum absolute atomic E-state index is 5.61. The summed E-state index contributed by atoms with van der Waals surface area (Å²) in [6, 6.07) is 0. The molecule has 0 unspecified atom stereocenters. The minimum absolute atomic E-state index is 0.332. The molecule has 2 heterocycles. The van der Waals surface area contributed by atoms with Gasteiger partial charge in [0.2, 0.25) is 11.9 Å². The summed E-state index contributed by atoms with van der Waals surface area (Å²) in [7, 11) is 0. The molecule has 0 aliphatic carbocycles. The smallest absolute Gasteiger partial charge is 0.230 e. The van der Waals surface area contributed by atoms with Crippen LogP contribution in [0.3, 0.4) is 0 Å². The van der Waals surface area contributed by atoms with Crippen molar-refractivity contribution in [3.8, 4) is 0 Å². The second-order valence-corrected chi connectivity index (χ2v) is 3.46. The van der Waals surface area contributed by atoms with Crippen molar-refractivity contribution in [1.82, 2.24) is 15.0 Å². The maximum Gasteiger partial charge on any atom is 0.230 e. The lowest BCUT2D eigenvalue weighted by atomic mass is 10.4. The Morgan fingerprint density at radius 1 is 1.21 bits per heavy atom. The van der Waals surface area contributed by atoms with Crippen LogP contribution in [0, 0.1) is 0 Å². The van der Waals surface area contributed by atoms with E-state index < -0.39 is 0 Å². The summed E-state index contributed by atoms with van der Waals surface area (Å²) in [4.78, 5) is 14.7. The molecule has 0 bridgehead atoms. The normalized spacial score (nSPS) is 16.2. The minimum Gasteiger partial charge on any atom is -0.368 e. The van der Waals surface area contributed by atoms with Crippen molar-refractivity contribution in [3.63, 3.8) is 0 Å². The van der Waals surface area contributed by atoms with E-state index in [4.69, 9.17) is 5.73 Å². The predicted molar refractivity (Wildman–Crippen MR) is 55.1 cm³/mol. The molecular formula is C9H15N5. The third-order valence-electron chi connectivity index (χ3n) is 2.39. The van der Waals surface area contributed by atoms with Gasteiger partial charge in [-0.2, -0.15) is 15.0 Å². The first-order valence-corrected chi connectivity index (χ1v) is 5.05. The molecule has 1 aromatic rings. The van der Waals surface area contributed by atoms with E-state index in [1.807, 2.05) is 6.92 Å². The molecule has 0 saturated carbocycles. The first kappa shape index (κ1) is 9.18. The molecule has 5 nitrogen and oxygen atoms in total. The van der Waals surface area contributed by atoms with Crippen LogP contribution in [0.15, 0.2) is 0 Å². The lowest BCUT2D eigenvalue weighted by Gasteiger charge is -2.15. The number of anilines is 2. The fourth-order valence-electron chi connectivity index (χ4n) is 1.64. The number of aromatic nitrogens is 3. The number of hydrogen-bond acceptors (Lipinski definition) is 5. The Labute approximate surface area is 83.4 Å². The summed E-state index contributed by atoms with van der Waals surface area (Å²) in [6.45, 7) is 4.09. The molecule has 2 rings (SSSR count). The predicted octanol–water partition coefficient (Wildman–Crippen LogP) is 0.616. The van der Waals surface area contributed by atoms with Crippen molar-refractivity contribution in [2.24, 2.45) is 0 Å². The highest BCUT2D eigenvalue weighted by Gasteiger charge is 2.16. The van der Waals surface area contributed by atoms with Gasteiger partial charge in [0.15, 0.2) is 0 Å². The van der Waals surface area contributed by atoms with Gasteiger partial charge in [0.05, 0.1) is 0 Å². The Balaban J connectivity index is 2.27. The minimum atomic E-state index is 0.332. The quantitative estimate of drug-likeness (QED) is 0.745. The zero-order chi connectivity index (χ0) is 9.97. The second-order valence-electron chi connectivity index (χ2n) is 3.46. The van der Waals surface area contributed by atoms with Crippen molar-refractivity contribution in [2.45, 2.75) is 26.2 Å². The first-order chi connectivity index (χ1) is 6.79. The summed E-state index contributed by atoms with van der Waals surface area (Å²) >= 11 is 0. The van der Waals surface area contributed by atoms with Crippen LogP contribution in [0.1, 0.15) is 25.6 Å². The van der Waals surface area contributed by atoms with Crippen LogP contribution in [-0.4, -0.2) is 28.0 Å². The van der Waals surface area contributed by atoms with E-state index in [1.165, 1.54) is 12.8 Å². The van der Waals surface area contributed by atoms with Crippen molar-refractivity contribution < 1.29 is 0 Å². The van der Waals surface area contributed by atoms with Gasteiger partial charge in [0, 0.05) is 19.5 Å². The van der Waals surface area contributed by atoms with Crippen molar-refractivity contribution in [3.05, 3.63) is 5.82 Å². The van der Waals surface area contributed by atoms with Crippen LogP contribution in [0.5, 0.6) is 0 Å². The highest BCUT2D eigenvalue weighted by Crippen LogP contribution is 2.16. The molecular weight excluding hydrogens is 178 g/mol. The van der Waals surface area contributed by atoms with E-state index in [1.54, 1.807) is 0 Å². The number of aryl methyl sites for hydroxylation is 1. The average molecular weight is 193 g/mol. The van der Waals surface area contributed by atoms with Gasteiger partial charge >= 0.3 is 0 Å². The molecule has 0 spiro atoms. The number of nitrogens with two attached hydrogens (primary N) is 1. The van der Waals surface area contributed by atoms with Gasteiger partial charge in [0.1, 0.15) is 5.82 Å². The van der Waals surface area contributed by atoms with Gasteiger partial charge in [-0.3, -0.25) is 0 Å². The molecule has 5 heteroatoms. The van der Waals surface area contributed by atoms with Crippen LogP contribution in [-0.2, 0) is 6.42 Å². The van der Waals surface area contributed by atoms with Crippen molar-refractivity contribution in [2.75, 3.05) is 23.7 Å². The zero-order valence-electron chi connectivity index (χ0n) is 8.40. The third kappa shape index (κ3) is 1.76. The molecule has 0 radical (unpaired) electrons. The maximum atomic E-state index is 5.61. The molecule has 14 heavy (non-hydrogen) atoms. The fourth-order valence-corrected chi connectivity index (χ4v) is 1.64. The van der Waals surface area contributed by atoms with Crippen LogP contribution in [0.4, 0.5) is 11.9 Å². The monoisotopic (exact) mass is 193 g/mol. The average Bonchev–Trinajstić information content (AvgIpc) is 2.69. The molecule has 0 amide bonds. The highest BCUT2D eigenvalue weighted by molar-refractivity contribution is 5.35. The summed E-state index contributed by atoms with van der Waals surface area (Å²) in [6.07, 6.45) is 3.23. The summed E-state index contributed by atoms with van der Waals surface area (Å²) in [5.74, 6) is 1.85. The topological polar surface area (TPSA) is 67.9 Å². The van der Waals surface area contributed by atoms with Gasteiger partial charge in [-0.15, -0.1) is 0 Å². The molecule has 0 aromatic carbocycles. The summed E-state index contributed by atoms with van der Waals surface area (Å²) in [5, 5.41) is 0. The Morgan fingerprint density at radius 3 is 2.57 bits per heavy atom. The molecule has 76 valence electrons. The summed E-state index contributed by atoms with van der Waals surface area (Å²) < 4.78 is 0.